The van der Waals surface area contributed by atoms with E-state index >= 15 is 0 Å². The topological polar surface area (TPSA) is 67.8 Å². The summed E-state index contributed by atoms with van der Waals surface area (Å²) in [7, 11) is 0. The summed E-state index contributed by atoms with van der Waals surface area (Å²) < 4.78 is 0. The largest absolute Gasteiger partial charge is 0.296 e. The van der Waals surface area contributed by atoms with Crippen molar-refractivity contribution in [3.8, 4) is 0 Å². The highest BCUT2D eigenvalue weighted by Gasteiger charge is 2.21. The number of amides is 1. The van der Waals surface area contributed by atoms with Gasteiger partial charge in [-0.3, -0.25) is 10.1 Å². The third kappa shape index (κ3) is 4.54. The van der Waals surface area contributed by atoms with Crippen LogP contribution in [0, 0.1) is 0 Å². The van der Waals surface area contributed by atoms with Crippen molar-refractivity contribution in [3.63, 3.8) is 0 Å². The molecule has 1 aliphatic rings. The molecule has 0 aliphatic heterocycles. The second-order valence-corrected chi connectivity index (χ2v) is 8.29. The van der Waals surface area contributed by atoms with Crippen LogP contribution in [-0.4, -0.2) is 26.3 Å². The molecular formula is C17H22N4OS2. The maximum absolute atomic E-state index is 12.6. The molecule has 0 saturated heterocycles. The minimum Gasteiger partial charge on any atom is -0.296 e. The number of pyridine rings is 1. The van der Waals surface area contributed by atoms with Gasteiger partial charge in [0.05, 0.1) is 5.56 Å². The van der Waals surface area contributed by atoms with Crippen LogP contribution >= 0.6 is 23.1 Å². The third-order valence-electron chi connectivity index (χ3n) is 4.03. The number of nitrogens with one attached hydrogen (secondary N) is 1. The molecule has 2 aromatic heterocycles. The molecule has 0 atom stereocenters. The van der Waals surface area contributed by atoms with Gasteiger partial charge in [0.15, 0.2) is 0 Å². The van der Waals surface area contributed by atoms with Gasteiger partial charge in [0.2, 0.25) is 5.13 Å². The summed E-state index contributed by atoms with van der Waals surface area (Å²) in [5, 5.41) is 14.0. The Morgan fingerprint density at radius 2 is 2.21 bits per heavy atom. The lowest BCUT2D eigenvalue weighted by Gasteiger charge is -2.11. The highest BCUT2D eigenvalue weighted by Crippen LogP contribution is 2.35. The Kier molecular flexibility index (Phi) is 6.20. The van der Waals surface area contributed by atoms with Crippen LogP contribution in [0.5, 0.6) is 0 Å². The number of rotatable bonds is 7. The summed E-state index contributed by atoms with van der Waals surface area (Å²) in [6, 6.07) is 3.64. The summed E-state index contributed by atoms with van der Waals surface area (Å²) in [5.74, 6) is -0.151. The van der Waals surface area contributed by atoms with Crippen LogP contribution in [0.3, 0.4) is 0 Å². The predicted octanol–water partition coefficient (Wildman–Crippen LogP) is 4.56. The Morgan fingerprint density at radius 1 is 1.38 bits per heavy atom. The molecule has 0 aromatic carbocycles. The van der Waals surface area contributed by atoms with E-state index in [1.165, 1.54) is 37.0 Å². The number of anilines is 1. The number of carbonyl (C=O) groups excluding carboxylic acids is 1. The van der Waals surface area contributed by atoms with Crippen molar-refractivity contribution in [2.45, 2.75) is 62.1 Å². The summed E-state index contributed by atoms with van der Waals surface area (Å²) in [5.41, 5.74) is 0.625. The van der Waals surface area contributed by atoms with Gasteiger partial charge in [0.25, 0.3) is 5.91 Å². The maximum Gasteiger partial charge on any atom is 0.260 e. The van der Waals surface area contributed by atoms with Crippen molar-refractivity contribution in [1.29, 1.82) is 0 Å². The highest BCUT2D eigenvalue weighted by molar-refractivity contribution is 7.99. The van der Waals surface area contributed by atoms with Crippen molar-refractivity contribution < 1.29 is 4.79 Å². The highest BCUT2D eigenvalue weighted by atomic mass is 32.2. The molecule has 1 saturated carbocycles. The van der Waals surface area contributed by atoms with Crippen LogP contribution in [0.4, 0.5) is 5.13 Å². The van der Waals surface area contributed by atoms with Crippen LogP contribution < -0.4 is 5.32 Å². The fourth-order valence-corrected chi connectivity index (χ4v) is 4.79. The van der Waals surface area contributed by atoms with Crippen molar-refractivity contribution in [2.24, 2.45) is 0 Å². The first-order valence-corrected chi connectivity index (χ1v) is 10.2. The lowest BCUT2D eigenvalue weighted by atomic mass is 10.3. The van der Waals surface area contributed by atoms with Gasteiger partial charge in [-0.1, -0.05) is 37.5 Å². The molecular weight excluding hydrogens is 340 g/mol. The van der Waals surface area contributed by atoms with Gasteiger partial charge in [-0.15, -0.1) is 22.0 Å². The lowest BCUT2D eigenvalue weighted by Crippen LogP contribution is -2.14. The molecule has 1 aliphatic carbocycles. The van der Waals surface area contributed by atoms with Gasteiger partial charge in [-0.05, 0) is 31.4 Å². The maximum atomic E-state index is 12.6. The van der Waals surface area contributed by atoms with E-state index < -0.39 is 0 Å². The summed E-state index contributed by atoms with van der Waals surface area (Å²) in [6.07, 6.45) is 9.85. The molecule has 0 unspecified atom stereocenters. The molecule has 3 rings (SSSR count). The second kappa shape index (κ2) is 8.58. The second-order valence-electron chi connectivity index (χ2n) is 5.94. The summed E-state index contributed by atoms with van der Waals surface area (Å²) in [6.45, 7) is 2.15. The molecule has 1 N–H and O–H groups in total. The molecule has 2 aromatic rings. The van der Waals surface area contributed by atoms with E-state index in [0.29, 0.717) is 15.9 Å². The van der Waals surface area contributed by atoms with Crippen molar-refractivity contribution in [2.75, 3.05) is 5.32 Å². The molecule has 1 fully saturated rings. The first-order valence-electron chi connectivity index (χ1n) is 8.51. The summed E-state index contributed by atoms with van der Waals surface area (Å²) in [4.78, 5) is 17.0. The van der Waals surface area contributed by atoms with Gasteiger partial charge >= 0.3 is 0 Å². The van der Waals surface area contributed by atoms with E-state index in [2.05, 4.69) is 27.4 Å². The average molecular weight is 363 g/mol. The number of hydrogen-bond donors (Lipinski definition) is 1. The SMILES string of the molecule is CCCCc1nnc(NC(=O)c2cccnc2SC2CCCC2)s1. The normalized spacial score (nSPS) is 14.9. The third-order valence-corrected chi connectivity index (χ3v) is 6.28. The van der Waals surface area contributed by atoms with Crippen LogP contribution in [0.25, 0.3) is 0 Å². The monoisotopic (exact) mass is 362 g/mol. The van der Waals surface area contributed by atoms with Gasteiger partial charge in [-0.25, -0.2) is 4.98 Å². The number of carbonyl (C=O) groups is 1. The Bertz CT molecular complexity index is 683. The van der Waals surface area contributed by atoms with Crippen LogP contribution in [0.15, 0.2) is 23.4 Å². The zero-order valence-electron chi connectivity index (χ0n) is 13.8. The lowest BCUT2D eigenvalue weighted by molar-refractivity contribution is 0.102. The Balaban J connectivity index is 1.67. The van der Waals surface area contributed by atoms with Gasteiger partial charge in [-0.2, -0.15) is 0 Å². The quantitative estimate of drug-likeness (QED) is 0.782. The first-order chi connectivity index (χ1) is 11.8. The number of aromatic nitrogens is 3. The molecule has 0 radical (unpaired) electrons. The zero-order chi connectivity index (χ0) is 16.8. The molecule has 1 amide bonds. The fourth-order valence-electron chi connectivity index (χ4n) is 2.72. The van der Waals surface area contributed by atoms with E-state index in [1.807, 2.05) is 6.07 Å². The molecule has 24 heavy (non-hydrogen) atoms. The van der Waals surface area contributed by atoms with E-state index in [-0.39, 0.29) is 5.91 Å². The molecule has 7 heteroatoms. The number of nitrogens with zero attached hydrogens (tertiary/aromatic N) is 3. The van der Waals surface area contributed by atoms with Crippen LogP contribution in [0.2, 0.25) is 0 Å². The van der Waals surface area contributed by atoms with Gasteiger partial charge in [0.1, 0.15) is 10.0 Å². The average Bonchev–Trinajstić information content (AvgIpc) is 3.25. The molecule has 0 bridgehead atoms. The Morgan fingerprint density at radius 3 is 3.00 bits per heavy atom. The standard InChI is InChI=1S/C17H22N4OS2/c1-2-3-10-14-20-21-17(24-14)19-15(22)13-9-6-11-18-16(13)23-12-7-4-5-8-12/h6,9,11-12H,2-5,7-8,10H2,1H3,(H,19,21,22). The van der Waals surface area contributed by atoms with Crippen molar-refractivity contribution in [1.82, 2.24) is 15.2 Å². The number of aryl methyl sites for hydroxylation is 1. The van der Waals surface area contributed by atoms with E-state index in [0.717, 1.165) is 29.3 Å². The van der Waals surface area contributed by atoms with E-state index in [9.17, 15) is 4.79 Å². The molecule has 128 valence electrons. The number of unbranched alkanes of at least 4 members (excludes halogenated alkanes) is 1. The number of hydrogen-bond acceptors (Lipinski definition) is 6. The van der Waals surface area contributed by atoms with E-state index in [4.69, 9.17) is 0 Å². The van der Waals surface area contributed by atoms with E-state index in [1.54, 1.807) is 24.0 Å². The molecule has 5 nitrogen and oxygen atoms in total. The summed E-state index contributed by atoms with van der Waals surface area (Å²) >= 11 is 3.18. The Labute approximate surface area is 150 Å². The molecule has 0 spiro atoms. The molecule has 2 heterocycles. The van der Waals surface area contributed by atoms with Crippen LogP contribution in [0.1, 0.15) is 60.8 Å². The minimum absolute atomic E-state index is 0.151. The number of thioether (sulfide) groups is 1. The zero-order valence-corrected chi connectivity index (χ0v) is 15.5. The Hall–Kier alpha value is -1.47. The van der Waals surface area contributed by atoms with Crippen LogP contribution in [-0.2, 0) is 6.42 Å². The van der Waals surface area contributed by atoms with Gasteiger partial charge < -0.3 is 0 Å². The van der Waals surface area contributed by atoms with Gasteiger partial charge in [0, 0.05) is 17.9 Å². The minimum atomic E-state index is -0.151. The predicted molar refractivity (Wildman–Crippen MR) is 98.8 cm³/mol. The van der Waals surface area contributed by atoms with Crippen molar-refractivity contribution in [3.05, 3.63) is 28.9 Å². The first kappa shape index (κ1) is 17.4. The fraction of sp³-hybridized carbons (Fsp3) is 0.529. The van der Waals surface area contributed by atoms with Crippen molar-refractivity contribution >= 4 is 34.1 Å². The smallest absolute Gasteiger partial charge is 0.260 e.